The van der Waals surface area contributed by atoms with E-state index in [1.807, 2.05) is 7.05 Å². The second kappa shape index (κ2) is 9.27. The van der Waals surface area contributed by atoms with Crippen LogP contribution in [0.3, 0.4) is 0 Å². The smallest absolute Gasteiger partial charge is 0.138 e. The van der Waals surface area contributed by atoms with Gasteiger partial charge in [0, 0.05) is 36.7 Å². The van der Waals surface area contributed by atoms with Crippen molar-refractivity contribution in [2.24, 2.45) is 11.8 Å². The number of nitrogens with one attached hydrogen (secondary N) is 1. The van der Waals surface area contributed by atoms with Crippen molar-refractivity contribution >= 4 is 17.9 Å². The highest BCUT2D eigenvalue weighted by Gasteiger charge is 2.44. The monoisotopic (exact) mass is 408 g/mol. The van der Waals surface area contributed by atoms with Gasteiger partial charge >= 0.3 is 0 Å². The van der Waals surface area contributed by atoms with Crippen LogP contribution in [-0.2, 0) is 4.79 Å². The summed E-state index contributed by atoms with van der Waals surface area (Å²) < 4.78 is 18.9. The third-order valence-corrected chi connectivity index (χ3v) is 6.70. The molecule has 0 atom stereocenters. The first-order valence-electron chi connectivity index (χ1n) is 10.1. The van der Waals surface area contributed by atoms with Crippen molar-refractivity contribution in [3.05, 3.63) is 41.3 Å². The fourth-order valence-electron chi connectivity index (χ4n) is 4.43. The van der Waals surface area contributed by atoms with Crippen LogP contribution < -0.4 is 10.1 Å². The minimum atomic E-state index is -0.353. The summed E-state index contributed by atoms with van der Waals surface area (Å²) in [5.74, 6) is 1.16. The van der Waals surface area contributed by atoms with Gasteiger partial charge in [-0.3, -0.25) is 0 Å². The maximum Gasteiger partial charge on any atom is 0.138 e. The van der Waals surface area contributed by atoms with Crippen LogP contribution >= 0.6 is 11.6 Å². The molecular formula is C22H30ClFN2O2. The fourth-order valence-corrected chi connectivity index (χ4v) is 4.65. The molecule has 0 bridgehead atoms. The van der Waals surface area contributed by atoms with E-state index in [0.717, 1.165) is 51.5 Å². The molecule has 0 spiro atoms. The molecule has 3 rings (SSSR count). The molecule has 6 heteroatoms. The van der Waals surface area contributed by atoms with Crippen molar-refractivity contribution in [3.8, 4) is 5.75 Å². The van der Waals surface area contributed by atoms with Gasteiger partial charge in [-0.1, -0.05) is 18.2 Å². The normalized spacial score (nSPS) is 25.2. The van der Waals surface area contributed by atoms with Crippen molar-refractivity contribution < 1.29 is 13.9 Å². The highest BCUT2D eigenvalue weighted by Crippen LogP contribution is 2.45. The van der Waals surface area contributed by atoms with E-state index >= 15 is 0 Å². The summed E-state index contributed by atoms with van der Waals surface area (Å²) >= 11 is 6.03. The molecule has 2 aliphatic rings. The highest BCUT2D eigenvalue weighted by molar-refractivity contribution is 6.32. The summed E-state index contributed by atoms with van der Waals surface area (Å²) in [7, 11) is 1.99. The first-order valence-corrected chi connectivity index (χ1v) is 10.5. The highest BCUT2D eigenvalue weighted by atomic mass is 35.5. The Morgan fingerprint density at radius 3 is 2.75 bits per heavy atom. The number of nitrogens with zero attached hydrogens (tertiary/aromatic N) is 1. The SMILES string of the molecule is C=C(C1CC(CCC=O)(NC)C1)N1CCC(COc2ccc(F)cc2Cl)CC1. The van der Waals surface area contributed by atoms with Crippen LogP contribution in [0, 0.1) is 17.7 Å². The van der Waals surface area contributed by atoms with Crippen molar-refractivity contribution in [2.75, 3.05) is 26.7 Å². The standard InChI is InChI=1S/C22H30ClFN2O2/c1-16(18-13-22(14-18,25-2)8-3-11-27)26-9-6-17(7-10-26)15-28-21-5-4-19(24)12-20(21)23/h4-5,11-12,17-18,25H,1,3,6-10,13-15H2,2H3. The lowest BCUT2D eigenvalue weighted by Gasteiger charge is -2.51. The summed E-state index contributed by atoms with van der Waals surface area (Å²) in [6.07, 6.45) is 6.74. The maximum absolute atomic E-state index is 13.1. The van der Waals surface area contributed by atoms with Crippen LogP contribution in [0.2, 0.25) is 5.02 Å². The van der Waals surface area contributed by atoms with E-state index in [1.54, 1.807) is 6.07 Å². The number of likely N-dealkylation sites (tertiary alicyclic amines) is 1. The van der Waals surface area contributed by atoms with Gasteiger partial charge in [-0.05, 0) is 63.3 Å². The summed E-state index contributed by atoms with van der Waals surface area (Å²) in [6, 6.07) is 4.24. The summed E-state index contributed by atoms with van der Waals surface area (Å²) in [5, 5.41) is 3.73. The van der Waals surface area contributed by atoms with Gasteiger partial charge in [-0.15, -0.1) is 0 Å². The zero-order valence-electron chi connectivity index (χ0n) is 16.6. The number of carbonyl (C=O) groups excluding carboxylic acids is 1. The lowest BCUT2D eigenvalue weighted by Crippen LogP contribution is -2.55. The zero-order chi connectivity index (χ0) is 20.1. The maximum atomic E-state index is 13.1. The molecule has 0 amide bonds. The Morgan fingerprint density at radius 1 is 1.43 bits per heavy atom. The van der Waals surface area contributed by atoms with Crippen molar-refractivity contribution in [3.63, 3.8) is 0 Å². The molecule has 1 saturated heterocycles. The van der Waals surface area contributed by atoms with E-state index in [-0.39, 0.29) is 11.4 Å². The largest absolute Gasteiger partial charge is 0.492 e. The molecule has 4 nitrogen and oxygen atoms in total. The lowest BCUT2D eigenvalue weighted by molar-refractivity contribution is -0.108. The average molecular weight is 409 g/mol. The summed E-state index contributed by atoms with van der Waals surface area (Å²) in [5.41, 5.74) is 1.34. The number of hydrogen-bond acceptors (Lipinski definition) is 4. The van der Waals surface area contributed by atoms with Crippen LogP contribution in [0.1, 0.15) is 38.5 Å². The molecule has 1 aromatic rings. The van der Waals surface area contributed by atoms with Crippen LogP contribution in [0.25, 0.3) is 0 Å². The predicted molar refractivity (Wildman–Crippen MR) is 110 cm³/mol. The van der Waals surface area contributed by atoms with Crippen molar-refractivity contribution in [1.82, 2.24) is 10.2 Å². The van der Waals surface area contributed by atoms with Crippen LogP contribution in [-0.4, -0.2) is 43.5 Å². The number of benzene rings is 1. The molecule has 28 heavy (non-hydrogen) atoms. The van der Waals surface area contributed by atoms with E-state index in [4.69, 9.17) is 16.3 Å². The fraction of sp³-hybridized carbons (Fsp3) is 0.591. The Bertz CT molecular complexity index is 698. The number of allylic oxidation sites excluding steroid dienone is 1. The average Bonchev–Trinajstić information content (AvgIpc) is 2.67. The van der Waals surface area contributed by atoms with E-state index in [2.05, 4.69) is 16.8 Å². The second-order valence-corrected chi connectivity index (χ2v) is 8.56. The Balaban J connectivity index is 1.41. The van der Waals surface area contributed by atoms with Gasteiger partial charge in [0.15, 0.2) is 0 Å². The molecule has 1 aliphatic carbocycles. The van der Waals surface area contributed by atoms with Gasteiger partial charge in [0.1, 0.15) is 17.9 Å². The lowest BCUT2D eigenvalue weighted by atomic mass is 9.64. The number of rotatable bonds is 9. The minimum Gasteiger partial charge on any atom is -0.492 e. The molecule has 2 fully saturated rings. The number of halogens is 2. The molecule has 0 aromatic heterocycles. The number of piperidine rings is 1. The van der Waals surface area contributed by atoms with Crippen LogP contribution in [0.4, 0.5) is 4.39 Å². The molecule has 1 heterocycles. The van der Waals surface area contributed by atoms with E-state index in [1.165, 1.54) is 17.8 Å². The van der Waals surface area contributed by atoms with Crippen LogP contribution in [0.5, 0.6) is 5.75 Å². The van der Waals surface area contributed by atoms with Gasteiger partial charge in [0.2, 0.25) is 0 Å². The van der Waals surface area contributed by atoms with Gasteiger partial charge in [-0.25, -0.2) is 4.39 Å². The van der Waals surface area contributed by atoms with Crippen molar-refractivity contribution in [2.45, 2.75) is 44.1 Å². The van der Waals surface area contributed by atoms with E-state index < -0.39 is 0 Å². The first kappa shape index (κ1) is 21.1. The molecule has 0 radical (unpaired) electrons. The third-order valence-electron chi connectivity index (χ3n) is 6.41. The summed E-state index contributed by atoms with van der Waals surface area (Å²) in [4.78, 5) is 13.1. The summed E-state index contributed by atoms with van der Waals surface area (Å²) in [6.45, 7) is 6.94. The Kier molecular flexibility index (Phi) is 7.00. The number of hydrogen-bond donors (Lipinski definition) is 1. The van der Waals surface area contributed by atoms with E-state index in [0.29, 0.717) is 35.6 Å². The third kappa shape index (κ3) is 4.87. The quantitative estimate of drug-likeness (QED) is 0.614. The van der Waals surface area contributed by atoms with Crippen LogP contribution in [0.15, 0.2) is 30.5 Å². The molecule has 0 unspecified atom stereocenters. The Morgan fingerprint density at radius 2 is 2.14 bits per heavy atom. The van der Waals surface area contributed by atoms with Gasteiger partial charge in [0.25, 0.3) is 0 Å². The second-order valence-electron chi connectivity index (χ2n) is 8.15. The molecule has 1 saturated carbocycles. The zero-order valence-corrected chi connectivity index (χ0v) is 17.3. The molecule has 1 N–H and O–H groups in total. The minimum absolute atomic E-state index is 0.106. The Hall–Kier alpha value is -1.59. The number of aldehydes is 1. The first-order chi connectivity index (χ1) is 13.5. The van der Waals surface area contributed by atoms with Gasteiger partial charge < -0.3 is 19.7 Å². The van der Waals surface area contributed by atoms with E-state index in [9.17, 15) is 9.18 Å². The topological polar surface area (TPSA) is 41.6 Å². The molecular weight excluding hydrogens is 379 g/mol. The van der Waals surface area contributed by atoms with Crippen molar-refractivity contribution in [1.29, 1.82) is 0 Å². The molecule has 154 valence electrons. The number of ether oxygens (including phenoxy) is 1. The Labute approximate surface area is 172 Å². The molecule has 1 aliphatic heterocycles. The van der Waals surface area contributed by atoms with Gasteiger partial charge in [-0.2, -0.15) is 0 Å². The van der Waals surface area contributed by atoms with Gasteiger partial charge in [0.05, 0.1) is 11.6 Å². The predicted octanol–water partition coefficient (Wildman–Crippen LogP) is 4.43. The number of carbonyl (C=O) groups is 1. The molecule has 1 aromatic carbocycles.